The molecule has 5 rings (SSSR count). The second-order valence-electron chi connectivity index (χ2n) is 8.98. The molecule has 1 fully saturated rings. The lowest BCUT2D eigenvalue weighted by molar-refractivity contribution is 0.165. The number of rotatable bonds is 4. The highest BCUT2D eigenvalue weighted by Crippen LogP contribution is 2.32. The number of benzene rings is 1. The molecule has 3 atom stereocenters. The molecule has 6 nitrogen and oxygen atoms in total. The Morgan fingerprint density at radius 3 is 2.66 bits per heavy atom. The van der Waals surface area contributed by atoms with E-state index >= 15 is 0 Å². The fraction of sp³-hybridized carbons (Fsp3) is 0.458. The van der Waals surface area contributed by atoms with Crippen molar-refractivity contribution in [3.8, 4) is 0 Å². The molecule has 1 unspecified atom stereocenters. The molecular formula is C24H28Cl2N6. The second kappa shape index (κ2) is 8.65. The van der Waals surface area contributed by atoms with E-state index < -0.39 is 0 Å². The van der Waals surface area contributed by atoms with Crippen molar-refractivity contribution in [1.82, 2.24) is 24.6 Å². The smallest absolute Gasteiger partial charge is 0.179 e. The Balaban J connectivity index is 1.44. The number of hydrogen-bond donors (Lipinski definition) is 0. The molecule has 0 bridgehead atoms. The molecule has 4 heterocycles. The summed E-state index contributed by atoms with van der Waals surface area (Å²) in [5.74, 6) is 1.48. The van der Waals surface area contributed by atoms with Crippen LogP contribution in [0.3, 0.4) is 0 Å². The minimum atomic E-state index is -0.0900. The number of aromatic nitrogens is 4. The molecule has 2 aromatic heterocycles. The summed E-state index contributed by atoms with van der Waals surface area (Å²) < 4.78 is 1.93. The van der Waals surface area contributed by atoms with E-state index in [0.29, 0.717) is 22.0 Å². The summed E-state index contributed by atoms with van der Waals surface area (Å²) in [4.78, 5) is 14.7. The maximum atomic E-state index is 6.49. The van der Waals surface area contributed by atoms with Crippen LogP contribution in [0.15, 0.2) is 36.5 Å². The van der Waals surface area contributed by atoms with Crippen molar-refractivity contribution >= 4 is 40.2 Å². The van der Waals surface area contributed by atoms with Crippen LogP contribution in [0.2, 0.25) is 10.0 Å². The number of aryl methyl sites for hydroxylation is 1. The molecule has 32 heavy (non-hydrogen) atoms. The van der Waals surface area contributed by atoms with Gasteiger partial charge >= 0.3 is 0 Å². The SMILES string of the molecule is Cc1nn([C@H](C)c2ccc(Cl)cc2Cl)c2nc(N3CCC(N4CC=CC4)[C@H](C)C3)cnc12. The normalized spacial score (nSPS) is 22.7. The van der Waals surface area contributed by atoms with Gasteiger partial charge in [0, 0.05) is 42.3 Å². The zero-order valence-corrected chi connectivity index (χ0v) is 20.2. The van der Waals surface area contributed by atoms with Crippen molar-refractivity contribution < 1.29 is 0 Å². The molecular weight excluding hydrogens is 443 g/mol. The minimum Gasteiger partial charge on any atom is -0.355 e. The molecule has 8 heteroatoms. The van der Waals surface area contributed by atoms with Gasteiger partial charge in [0.2, 0.25) is 0 Å². The highest BCUT2D eigenvalue weighted by molar-refractivity contribution is 6.35. The highest BCUT2D eigenvalue weighted by Gasteiger charge is 2.31. The maximum Gasteiger partial charge on any atom is 0.179 e. The summed E-state index contributed by atoms with van der Waals surface area (Å²) >= 11 is 12.6. The van der Waals surface area contributed by atoms with Crippen LogP contribution in [-0.4, -0.2) is 56.9 Å². The summed E-state index contributed by atoms with van der Waals surface area (Å²) in [6.07, 6.45) is 7.58. The first-order valence-corrected chi connectivity index (χ1v) is 12.0. The molecule has 0 radical (unpaired) electrons. The van der Waals surface area contributed by atoms with Crippen LogP contribution in [0, 0.1) is 12.8 Å². The molecule has 3 aromatic rings. The van der Waals surface area contributed by atoms with E-state index in [4.69, 9.17) is 38.3 Å². The zero-order valence-electron chi connectivity index (χ0n) is 18.7. The van der Waals surface area contributed by atoms with Crippen molar-refractivity contribution in [2.45, 2.75) is 39.3 Å². The third-order valence-electron chi connectivity index (χ3n) is 6.84. The Kier molecular flexibility index (Phi) is 5.86. The van der Waals surface area contributed by atoms with Crippen LogP contribution in [-0.2, 0) is 0 Å². The van der Waals surface area contributed by atoms with Gasteiger partial charge in [0.15, 0.2) is 5.65 Å². The molecule has 0 aliphatic carbocycles. The topological polar surface area (TPSA) is 50.1 Å². The Morgan fingerprint density at radius 2 is 1.94 bits per heavy atom. The van der Waals surface area contributed by atoms with Crippen molar-refractivity contribution in [2.24, 2.45) is 5.92 Å². The molecule has 2 aliphatic heterocycles. The van der Waals surface area contributed by atoms with Gasteiger partial charge in [-0.2, -0.15) is 5.10 Å². The van der Waals surface area contributed by atoms with E-state index in [1.165, 1.54) is 0 Å². The first-order valence-electron chi connectivity index (χ1n) is 11.2. The predicted octanol–water partition coefficient (Wildman–Crippen LogP) is 5.14. The molecule has 1 aromatic carbocycles. The van der Waals surface area contributed by atoms with Crippen LogP contribution < -0.4 is 4.90 Å². The second-order valence-corrected chi connectivity index (χ2v) is 9.82. The standard InChI is InChI=1S/C24H28Cl2N6/c1-15-14-31(11-8-21(15)30-9-4-5-10-30)22-13-27-23-16(2)29-32(24(23)28-22)17(3)19-7-6-18(25)12-20(19)26/h4-7,12-13,15,17,21H,8-11,14H2,1-3H3/t15-,17-,21?/m1/s1. The maximum absolute atomic E-state index is 6.49. The quantitative estimate of drug-likeness (QED) is 0.494. The lowest BCUT2D eigenvalue weighted by Crippen LogP contribution is -2.49. The number of halogens is 2. The average Bonchev–Trinajstić information content (AvgIpc) is 3.41. The van der Waals surface area contributed by atoms with Crippen LogP contribution in [0.4, 0.5) is 5.82 Å². The van der Waals surface area contributed by atoms with Gasteiger partial charge in [0.1, 0.15) is 11.3 Å². The lowest BCUT2D eigenvalue weighted by Gasteiger charge is -2.41. The fourth-order valence-electron chi connectivity index (χ4n) is 5.09. The van der Waals surface area contributed by atoms with Crippen molar-refractivity contribution in [2.75, 3.05) is 31.1 Å². The van der Waals surface area contributed by atoms with Crippen molar-refractivity contribution in [3.63, 3.8) is 0 Å². The Labute approximate surface area is 198 Å². The predicted molar refractivity (Wildman–Crippen MR) is 131 cm³/mol. The minimum absolute atomic E-state index is 0.0900. The Morgan fingerprint density at radius 1 is 1.16 bits per heavy atom. The third kappa shape index (κ3) is 3.89. The summed E-state index contributed by atoms with van der Waals surface area (Å²) in [6.45, 7) is 10.5. The largest absolute Gasteiger partial charge is 0.355 e. The number of hydrogen-bond acceptors (Lipinski definition) is 5. The van der Waals surface area contributed by atoms with Crippen LogP contribution in [0.5, 0.6) is 0 Å². The van der Waals surface area contributed by atoms with Crippen molar-refractivity contribution in [3.05, 3.63) is 57.9 Å². The number of fused-ring (bicyclic) bond motifs is 1. The summed E-state index contributed by atoms with van der Waals surface area (Å²) in [5, 5.41) is 6.01. The number of nitrogens with zero attached hydrogens (tertiary/aromatic N) is 6. The molecule has 0 spiro atoms. The Hall–Kier alpha value is -2.15. The van der Waals surface area contributed by atoms with Crippen LogP contribution >= 0.6 is 23.2 Å². The summed E-state index contributed by atoms with van der Waals surface area (Å²) in [6, 6.07) is 6.11. The van der Waals surface area contributed by atoms with Gasteiger partial charge in [-0.25, -0.2) is 14.6 Å². The van der Waals surface area contributed by atoms with E-state index in [1.807, 2.05) is 29.9 Å². The summed E-state index contributed by atoms with van der Waals surface area (Å²) in [7, 11) is 0. The van der Waals surface area contributed by atoms with E-state index in [9.17, 15) is 0 Å². The number of anilines is 1. The number of piperidine rings is 1. The van der Waals surface area contributed by atoms with Crippen LogP contribution in [0.1, 0.15) is 37.6 Å². The molecule has 2 aliphatic rings. The monoisotopic (exact) mass is 470 g/mol. The Bertz CT molecular complexity index is 1160. The highest BCUT2D eigenvalue weighted by atomic mass is 35.5. The lowest BCUT2D eigenvalue weighted by atomic mass is 9.92. The molecule has 168 valence electrons. The van der Waals surface area contributed by atoms with Gasteiger partial charge in [0.25, 0.3) is 0 Å². The van der Waals surface area contributed by atoms with Gasteiger partial charge in [-0.15, -0.1) is 0 Å². The first kappa shape index (κ1) is 21.7. The van der Waals surface area contributed by atoms with Crippen LogP contribution in [0.25, 0.3) is 11.2 Å². The van der Waals surface area contributed by atoms with Gasteiger partial charge in [0.05, 0.1) is 17.9 Å². The molecule has 0 amide bonds. The first-order chi connectivity index (χ1) is 15.4. The van der Waals surface area contributed by atoms with Gasteiger partial charge in [-0.05, 0) is 43.9 Å². The van der Waals surface area contributed by atoms with Gasteiger partial charge in [-0.3, -0.25) is 4.90 Å². The van der Waals surface area contributed by atoms with E-state index in [2.05, 4.69) is 35.8 Å². The van der Waals surface area contributed by atoms with E-state index in [1.54, 1.807) is 6.07 Å². The average molecular weight is 471 g/mol. The van der Waals surface area contributed by atoms with Gasteiger partial charge in [-0.1, -0.05) is 48.3 Å². The van der Waals surface area contributed by atoms with Gasteiger partial charge < -0.3 is 4.90 Å². The molecule has 0 saturated carbocycles. The van der Waals surface area contributed by atoms with E-state index in [-0.39, 0.29) is 6.04 Å². The zero-order chi connectivity index (χ0) is 22.4. The molecule has 1 saturated heterocycles. The van der Waals surface area contributed by atoms with E-state index in [0.717, 1.165) is 60.8 Å². The fourth-order valence-corrected chi connectivity index (χ4v) is 5.65. The summed E-state index contributed by atoms with van der Waals surface area (Å²) in [5.41, 5.74) is 3.44. The van der Waals surface area contributed by atoms with Crippen molar-refractivity contribution in [1.29, 1.82) is 0 Å². The third-order valence-corrected chi connectivity index (χ3v) is 7.40. The molecule has 0 N–H and O–H groups in total.